The highest BCUT2D eigenvalue weighted by Gasteiger charge is 2.09. The van der Waals surface area contributed by atoms with Crippen LogP contribution in [-0.2, 0) is 9.47 Å². The molecule has 0 saturated carbocycles. The summed E-state index contributed by atoms with van der Waals surface area (Å²) in [7, 11) is 0. The smallest absolute Gasteiger partial charge is 0.119 e. The molecule has 0 spiro atoms. The molecule has 5 heteroatoms. The Morgan fingerprint density at radius 3 is 2.36 bits per heavy atom. The van der Waals surface area contributed by atoms with E-state index in [0.717, 1.165) is 51.0 Å². The van der Waals surface area contributed by atoms with Gasteiger partial charge in [0.25, 0.3) is 0 Å². The van der Waals surface area contributed by atoms with Gasteiger partial charge in [-0.05, 0) is 38.1 Å². The minimum Gasteiger partial charge on any atom is -0.491 e. The van der Waals surface area contributed by atoms with Crippen LogP contribution in [0.2, 0.25) is 0 Å². The van der Waals surface area contributed by atoms with Crippen LogP contribution in [0.5, 0.6) is 11.5 Å². The lowest BCUT2D eigenvalue weighted by Gasteiger charge is -2.26. The van der Waals surface area contributed by atoms with Gasteiger partial charge in [0.05, 0.1) is 32.5 Å². The molecule has 1 aliphatic rings. The quantitative estimate of drug-likeness (QED) is 0.654. The van der Waals surface area contributed by atoms with Gasteiger partial charge in [-0.25, -0.2) is 0 Å². The maximum absolute atomic E-state index is 5.64. The minimum atomic E-state index is 0.187. The van der Waals surface area contributed by atoms with Crippen molar-refractivity contribution in [2.24, 2.45) is 0 Å². The fourth-order valence-electron chi connectivity index (χ4n) is 2.23. The Morgan fingerprint density at radius 2 is 1.68 bits per heavy atom. The van der Waals surface area contributed by atoms with Crippen LogP contribution in [0.25, 0.3) is 0 Å². The zero-order valence-electron chi connectivity index (χ0n) is 13.6. The van der Waals surface area contributed by atoms with E-state index in [2.05, 4.69) is 4.90 Å². The van der Waals surface area contributed by atoms with Crippen molar-refractivity contribution in [1.82, 2.24) is 4.90 Å². The van der Waals surface area contributed by atoms with Crippen LogP contribution >= 0.6 is 0 Å². The molecule has 22 heavy (non-hydrogen) atoms. The summed E-state index contributed by atoms with van der Waals surface area (Å²) in [5, 5.41) is 0. The Bertz CT molecular complexity index is 402. The second-order valence-electron chi connectivity index (χ2n) is 5.55. The van der Waals surface area contributed by atoms with Crippen LogP contribution in [0.15, 0.2) is 24.3 Å². The van der Waals surface area contributed by atoms with Gasteiger partial charge in [0, 0.05) is 19.6 Å². The Hall–Kier alpha value is -1.30. The van der Waals surface area contributed by atoms with Crippen LogP contribution in [-0.4, -0.2) is 63.7 Å². The molecule has 5 nitrogen and oxygen atoms in total. The lowest BCUT2D eigenvalue weighted by molar-refractivity contribution is 0.0170. The van der Waals surface area contributed by atoms with Crippen molar-refractivity contribution in [3.05, 3.63) is 24.3 Å². The second-order valence-corrected chi connectivity index (χ2v) is 5.55. The van der Waals surface area contributed by atoms with Gasteiger partial charge in [-0.2, -0.15) is 0 Å². The summed E-state index contributed by atoms with van der Waals surface area (Å²) in [5.74, 6) is 1.71. The lowest BCUT2D eigenvalue weighted by atomic mass is 10.3. The first-order chi connectivity index (χ1) is 10.7. The first-order valence-electron chi connectivity index (χ1n) is 8.01. The summed E-state index contributed by atoms with van der Waals surface area (Å²) in [6.07, 6.45) is 0.187. The molecule has 0 N–H and O–H groups in total. The van der Waals surface area contributed by atoms with Gasteiger partial charge < -0.3 is 18.9 Å². The maximum atomic E-state index is 5.64. The SMILES string of the molecule is CC(C)Oc1ccc(OCCOCCN2CCOCC2)cc1. The Balaban J connectivity index is 1.52. The molecular formula is C17H27NO4. The summed E-state index contributed by atoms with van der Waals surface area (Å²) in [6.45, 7) is 10.6. The molecule has 1 aliphatic heterocycles. The van der Waals surface area contributed by atoms with Crippen LogP contribution in [0.4, 0.5) is 0 Å². The van der Waals surface area contributed by atoms with E-state index >= 15 is 0 Å². The molecule has 0 bridgehead atoms. The molecule has 0 aliphatic carbocycles. The Labute approximate surface area is 133 Å². The monoisotopic (exact) mass is 309 g/mol. The molecule has 0 radical (unpaired) electrons. The number of hydrogen-bond acceptors (Lipinski definition) is 5. The average molecular weight is 309 g/mol. The molecule has 1 aromatic carbocycles. The molecule has 0 amide bonds. The molecule has 1 fully saturated rings. The molecule has 1 saturated heterocycles. The molecule has 0 aromatic heterocycles. The van der Waals surface area contributed by atoms with E-state index in [0.29, 0.717) is 13.2 Å². The number of benzene rings is 1. The third kappa shape index (κ3) is 6.64. The van der Waals surface area contributed by atoms with Crippen molar-refractivity contribution in [1.29, 1.82) is 0 Å². The Kier molecular flexibility index (Phi) is 7.49. The standard InChI is InChI=1S/C17H27NO4/c1-15(2)22-17-5-3-16(4-6-17)21-14-13-20-12-9-18-7-10-19-11-8-18/h3-6,15H,7-14H2,1-2H3. The molecular weight excluding hydrogens is 282 g/mol. The fourth-order valence-corrected chi connectivity index (χ4v) is 2.23. The topological polar surface area (TPSA) is 40.2 Å². The van der Waals surface area contributed by atoms with Gasteiger partial charge in [0.2, 0.25) is 0 Å². The predicted octanol–water partition coefficient (Wildman–Crippen LogP) is 2.20. The largest absolute Gasteiger partial charge is 0.491 e. The fraction of sp³-hybridized carbons (Fsp3) is 0.647. The highest BCUT2D eigenvalue weighted by atomic mass is 16.5. The summed E-state index contributed by atoms with van der Waals surface area (Å²) >= 11 is 0. The summed E-state index contributed by atoms with van der Waals surface area (Å²) in [4.78, 5) is 2.36. The first-order valence-corrected chi connectivity index (χ1v) is 8.01. The highest BCUT2D eigenvalue weighted by Crippen LogP contribution is 2.18. The molecule has 0 atom stereocenters. The molecule has 1 aromatic rings. The van der Waals surface area contributed by atoms with E-state index in [1.165, 1.54) is 0 Å². The van der Waals surface area contributed by atoms with Crippen molar-refractivity contribution in [2.75, 3.05) is 52.7 Å². The van der Waals surface area contributed by atoms with Crippen LogP contribution in [0, 0.1) is 0 Å². The maximum Gasteiger partial charge on any atom is 0.119 e. The summed E-state index contributed by atoms with van der Waals surface area (Å²) in [6, 6.07) is 7.69. The van der Waals surface area contributed by atoms with Crippen molar-refractivity contribution in [2.45, 2.75) is 20.0 Å². The number of nitrogens with zero attached hydrogens (tertiary/aromatic N) is 1. The summed E-state index contributed by atoms with van der Waals surface area (Å²) < 4.78 is 22.1. The van der Waals surface area contributed by atoms with Gasteiger partial charge in [-0.3, -0.25) is 4.90 Å². The lowest BCUT2D eigenvalue weighted by Crippen LogP contribution is -2.38. The average Bonchev–Trinajstić information content (AvgIpc) is 2.53. The first kappa shape index (κ1) is 17.1. The number of morpholine rings is 1. The van der Waals surface area contributed by atoms with Gasteiger partial charge in [-0.1, -0.05) is 0 Å². The van der Waals surface area contributed by atoms with E-state index in [4.69, 9.17) is 18.9 Å². The third-order valence-electron chi connectivity index (χ3n) is 3.35. The molecule has 1 heterocycles. The van der Waals surface area contributed by atoms with Gasteiger partial charge >= 0.3 is 0 Å². The van der Waals surface area contributed by atoms with E-state index in [1.807, 2.05) is 38.1 Å². The van der Waals surface area contributed by atoms with E-state index in [-0.39, 0.29) is 6.10 Å². The Morgan fingerprint density at radius 1 is 1.00 bits per heavy atom. The number of ether oxygens (including phenoxy) is 4. The summed E-state index contributed by atoms with van der Waals surface area (Å²) in [5.41, 5.74) is 0. The van der Waals surface area contributed by atoms with E-state index in [9.17, 15) is 0 Å². The molecule has 124 valence electrons. The van der Waals surface area contributed by atoms with Crippen molar-refractivity contribution < 1.29 is 18.9 Å². The number of rotatable bonds is 9. The zero-order chi connectivity index (χ0) is 15.6. The second kappa shape index (κ2) is 9.66. The minimum absolute atomic E-state index is 0.187. The van der Waals surface area contributed by atoms with Crippen LogP contribution in [0.3, 0.4) is 0 Å². The zero-order valence-corrected chi connectivity index (χ0v) is 13.6. The highest BCUT2D eigenvalue weighted by molar-refractivity contribution is 5.31. The number of hydrogen-bond donors (Lipinski definition) is 0. The van der Waals surface area contributed by atoms with Crippen LogP contribution < -0.4 is 9.47 Å². The van der Waals surface area contributed by atoms with Crippen LogP contribution in [0.1, 0.15) is 13.8 Å². The van der Waals surface area contributed by atoms with Crippen molar-refractivity contribution >= 4 is 0 Å². The van der Waals surface area contributed by atoms with E-state index < -0.39 is 0 Å². The van der Waals surface area contributed by atoms with Gasteiger partial charge in [-0.15, -0.1) is 0 Å². The van der Waals surface area contributed by atoms with E-state index in [1.54, 1.807) is 0 Å². The molecule has 0 unspecified atom stereocenters. The van der Waals surface area contributed by atoms with Gasteiger partial charge in [0.1, 0.15) is 18.1 Å². The van der Waals surface area contributed by atoms with Crippen molar-refractivity contribution in [3.63, 3.8) is 0 Å². The van der Waals surface area contributed by atoms with Gasteiger partial charge in [0.15, 0.2) is 0 Å². The predicted molar refractivity (Wildman–Crippen MR) is 85.8 cm³/mol. The third-order valence-corrected chi connectivity index (χ3v) is 3.35. The molecule has 2 rings (SSSR count). The normalized spacial score (nSPS) is 16.0. The van der Waals surface area contributed by atoms with Crippen molar-refractivity contribution in [3.8, 4) is 11.5 Å².